The van der Waals surface area contributed by atoms with E-state index in [2.05, 4.69) is 45.1 Å². The van der Waals surface area contributed by atoms with Crippen LogP contribution in [0.25, 0.3) is 0 Å². The zero-order valence-electron chi connectivity index (χ0n) is 79.1. The first-order chi connectivity index (χ1) is 64.4. The molecule has 2 aromatic carbocycles. The zero-order valence-corrected chi connectivity index (χ0v) is 83.8. The number of Topliss-reactive ketones (excluding diaryl/α,β-unsaturated/α-hetero) is 3. The molecule has 0 radical (unpaired) electrons. The molecule has 5 amide bonds. The number of benzene rings is 2. The second-order valence-corrected chi connectivity index (χ2v) is 42.8. The van der Waals surface area contributed by atoms with E-state index in [1.54, 1.807) is 96.5 Å². The van der Waals surface area contributed by atoms with Gasteiger partial charge in [-0.15, -0.1) is 0 Å². The van der Waals surface area contributed by atoms with Gasteiger partial charge in [-0.3, -0.25) is 33.6 Å². The Hall–Kier alpha value is -6.79. The van der Waals surface area contributed by atoms with E-state index in [1.165, 1.54) is 66.6 Å². The number of likely N-dealkylation sites (N-methyl/N-ethyl adjacent to an activating group) is 1. The van der Waals surface area contributed by atoms with Crippen LogP contribution in [0.3, 0.4) is 0 Å². The predicted octanol–water partition coefficient (Wildman–Crippen LogP) is 8.34. The van der Waals surface area contributed by atoms with Gasteiger partial charge in [-0.2, -0.15) is 5.48 Å². The maximum Gasteiger partial charge on any atom is 0.410 e. The summed E-state index contributed by atoms with van der Waals surface area (Å²) in [7, 11) is 10.4. The van der Waals surface area contributed by atoms with Crippen LogP contribution in [0.2, 0.25) is 0 Å². The minimum Gasteiger partial charge on any atom is -0.492 e. The van der Waals surface area contributed by atoms with Crippen molar-refractivity contribution in [3.05, 3.63) is 67.8 Å². The van der Waals surface area contributed by atoms with Gasteiger partial charge in [0.25, 0.3) is 0 Å². The number of aliphatic hydroxyl groups excluding tert-OH is 4. The van der Waals surface area contributed by atoms with E-state index in [1.807, 2.05) is 39.5 Å². The molecule has 7 aliphatic carbocycles. The molecule has 4 aliphatic heterocycles. The topological polar surface area (TPSA) is 487 Å². The number of rotatable bonds is 43. The van der Waals surface area contributed by atoms with Crippen molar-refractivity contribution in [2.24, 2.45) is 64.2 Å². The Kier molecular flexibility index (Phi) is 37.8. The number of aliphatic hydroxyl groups is 5. The number of halogens is 1. The first kappa shape index (κ1) is 107. The lowest BCUT2D eigenvalue weighted by molar-refractivity contribution is -0.343. The Labute approximate surface area is 814 Å². The Bertz CT molecular complexity index is 4710. The predicted molar refractivity (Wildman–Crippen MR) is 507 cm³/mol. The highest BCUT2D eigenvalue weighted by Crippen LogP contribution is 2.71. The number of hydroxylamine groups is 1. The van der Waals surface area contributed by atoms with Gasteiger partial charge in [-0.05, 0) is 200 Å². The number of hydrogen-bond donors (Lipinski definition) is 11. The fourth-order valence-corrected chi connectivity index (χ4v) is 26.6. The van der Waals surface area contributed by atoms with E-state index in [9.17, 15) is 68.7 Å². The second-order valence-electron chi connectivity index (χ2n) is 37.7. The normalized spacial score (nSPS) is 34.0. The van der Waals surface area contributed by atoms with E-state index in [0.29, 0.717) is 80.8 Å². The highest BCUT2D eigenvalue weighted by Gasteiger charge is 2.79. The Morgan fingerprint density at radius 2 is 1.47 bits per heavy atom. The summed E-state index contributed by atoms with van der Waals surface area (Å²) in [4.78, 5) is 131. The number of carbonyl (C=O) groups is 9. The lowest BCUT2D eigenvalue weighted by Gasteiger charge is -2.60. The molecular weight excluding hydrogens is 1920 g/mol. The monoisotopic (exact) mass is 2060 g/mol. The summed E-state index contributed by atoms with van der Waals surface area (Å²) >= 11 is 2.80. The molecule has 13 rings (SSSR count). The number of unbranched alkanes of at least 4 members (excludes halogenated alkanes) is 1. The number of ketones is 3. The molecule has 0 aromatic heterocycles. The van der Waals surface area contributed by atoms with Crippen molar-refractivity contribution >= 4 is 114 Å². The van der Waals surface area contributed by atoms with Crippen LogP contribution in [0, 0.1) is 86.9 Å². The first-order valence-electron chi connectivity index (χ1n) is 46.7. The van der Waals surface area contributed by atoms with Crippen molar-refractivity contribution in [1.29, 1.82) is 0 Å². The number of nitrogens with zero attached hydrogens (tertiary/aromatic N) is 1. The molecule has 6 saturated carbocycles. The molecule has 35 nitrogen and oxygen atoms in total. The maximum absolute atomic E-state index is 14.8. The zero-order chi connectivity index (χ0) is 97.8. The van der Waals surface area contributed by atoms with E-state index in [-0.39, 0.29) is 111 Å². The number of ether oxygens (including phenoxy) is 13. The number of urea groups is 1. The van der Waals surface area contributed by atoms with Gasteiger partial charge in [0, 0.05) is 105 Å². The van der Waals surface area contributed by atoms with Crippen molar-refractivity contribution < 1.29 is 135 Å². The summed E-state index contributed by atoms with van der Waals surface area (Å²) in [6.45, 7) is 15.3. The molecule has 25 atom stereocenters. The average molecular weight is 2060 g/mol. The SMILES string of the molecule is CCN(C(=O)OCc1ccc(NC(=O)[C@H](CCCNC(N)=O)CC(=O)[C@@H](NC(=O)[C@H](CCCCN)CC(C)=O)C(C)C)cc1)[C@H]1CO[C@@H](O[C@H]2[C@H](O[C@H]3C#C/C=C(/C)C#CC45C(CC(=O)OC)C(=O)C[C@]4(O)/C(=C/CSSC46CC7CC(CC(C7)C4)C6)C35)O[C@H](C)[C@@H](NO[C@H]3C[C@H](O)[C@H](SC(=O)c4c(C)c(I)c(O[C@@H]5O[C@@H](C)[C@H](O)[C@@H](OC)[C@H]5O)c(OC)c4OC)[C@@H](C)O3)[C@@H]2O)C[C@@H]1OC. The number of nitrogens with two attached hydrogens (primary N) is 2. The Morgan fingerprint density at radius 3 is 2.10 bits per heavy atom. The molecule has 1 spiro atoms. The summed E-state index contributed by atoms with van der Waals surface area (Å²) in [5.74, 6) is 8.90. The van der Waals surface area contributed by atoms with E-state index in [4.69, 9.17) is 77.9 Å². The minimum atomic E-state index is -1.89. The number of amides is 5. The summed E-state index contributed by atoms with van der Waals surface area (Å²) in [5, 5.41) is 67.5. The number of methoxy groups -OCH3 is 5. The van der Waals surface area contributed by atoms with Crippen molar-refractivity contribution in [3.63, 3.8) is 0 Å². The van der Waals surface area contributed by atoms with Crippen LogP contribution >= 0.6 is 55.9 Å². The Balaban J connectivity index is 0.758. The number of esters is 1. The summed E-state index contributed by atoms with van der Waals surface area (Å²) in [6.07, 6.45) is -7.35. The third-order valence-corrected chi connectivity index (χ3v) is 33.9. The number of carbonyl (C=O) groups excluding carboxylic acids is 9. The van der Waals surface area contributed by atoms with Gasteiger partial charge in [-0.25, -0.2) is 9.59 Å². The number of nitrogens with one attached hydrogen (secondary N) is 4. The molecule has 3 unspecified atom stereocenters. The van der Waals surface area contributed by atoms with Gasteiger partial charge in [0.05, 0.1) is 103 Å². The average Bonchev–Trinajstić information content (AvgIpc) is 1.47. The molecule has 13 N–H and O–H groups in total. The van der Waals surface area contributed by atoms with E-state index >= 15 is 0 Å². The molecule has 4 saturated heterocycles. The van der Waals surface area contributed by atoms with E-state index < -0.39 is 203 Å². The fourth-order valence-electron chi connectivity index (χ4n) is 21.6. The smallest absolute Gasteiger partial charge is 0.410 e. The Morgan fingerprint density at radius 1 is 0.785 bits per heavy atom. The third-order valence-electron chi connectivity index (χ3n) is 28.1. The van der Waals surface area contributed by atoms with Crippen LogP contribution < -0.4 is 47.1 Å². The summed E-state index contributed by atoms with van der Waals surface area (Å²) < 4.78 is 81.2. The van der Waals surface area contributed by atoms with Crippen LogP contribution in [-0.2, 0) is 87.6 Å². The van der Waals surface area contributed by atoms with Crippen molar-refractivity contribution in [1.82, 2.24) is 21.0 Å². The highest BCUT2D eigenvalue weighted by atomic mass is 127. The lowest BCUT2D eigenvalue weighted by Crippen LogP contribution is -2.69. The lowest BCUT2D eigenvalue weighted by atomic mass is 9.44. The van der Waals surface area contributed by atoms with Crippen LogP contribution in [0.1, 0.15) is 186 Å². The molecule has 10 fully saturated rings. The number of thioether (sulfide) groups is 1. The standard InChI is InChI=1S/C96H134IN7O28S3/c1-15-104(93(117)125-46-55-24-26-61(27-25-55)101-87(113)60(22-19-32-100-92(99)116)38-65(106)76(48(2)3)102-88(114)59(34-50(5)105)21-16-17-31-98)64-47-124-71(41-69(64)119-10)130-84-79(111)77(103-132-72-40-66(107)86(54(9)126-72)134-89(115)73-51(6)75(97)82(85(123-14)81(73)121-12)131-90-80(112)83(122-13)78(110)53(8)128-90)52(7)127-91(84)129-68-23-18-20-49(4)28-30-95-63(39-70(109)120-11)67(108)45-96(95,118)62(74(68)95)29-33-133-135-94-42-56-35-57(43-94)37-58(36-56)44-94/h20,24-27,29,48,52-54,56-60,63-64,66,68-69,71-72,74,76-80,83-84,86,90-91,103,107,110-112,118H,15-17,19,21-22,31-47,98H2,1-14H3,(H,101,113)(H,102,114)(H3,99,100,116)/b49-20-,62-29+/t52-,53+,54-,56?,57?,58?,59-,60-,63?,64+,66+,68+,69+,71+,72+,74?,76+,77-,78+,79+,80-,83-,84-,86-,90+,91+,94?,95?,96+/m1/s1. The van der Waals surface area contributed by atoms with Gasteiger partial charge >= 0.3 is 18.1 Å². The van der Waals surface area contributed by atoms with Gasteiger partial charge < -0.3 is 124 Å². The molecule has 4 heterocycles. The number of hydrogen-bond acceptors (Lipinski definition) is 33. The molecule has 746 valence electrons. The van der Waals surface area contributed by atoms with Gasteiger partial charge in [0.2, 0.25) is 29.0 Å². The van der Waals surface area contributed by atoms with Crippen molar-refractivity contribution in [2.75, 3.05) is 72.9 Å². The number of anilines is 1. The van der Waals surface area contributed by atoms with Crippen molar-refractivity contribution in [2.45, 2.75) is 304 Å². The minimum absolute atomic E-state index is 0.00143. The highest BCUT2D eigenvalue weighted by molar-refractivity contribution is 14.1. The molecule has 135 heavy (non-hydrogen) atoms. The van der Waals surface area contributed by atoms with Crippen molar-refractivity contribution in [3.8, 4) is 40.9 Å². The fraction of sp³-hybridized carbons (Fsp3) is 0.698. The first-order valence-corrected chi connectivity index (χ1v) is 51.0. The van der Waals surface area contributed by atoms with Gasteiger partial charge in [0.15, 0.2) is 36.2 Å². The van der Waals surface area contributed by atoms with Crippen LogP contribution in [0.4, 0.5) is 15.3 Å². The van der Waals surface area contributed by atoms with Crippen LogP contribution in [0.15, 0.2) is 47.6 Å². The third kappa shape index (κ3) is 24.5. The molecular formula is C96H134IN7O28S3. The number of allylic oxidation sites excluding steroid dienone is 2. The van der Waals surface area contributed by atoms with Gasteiger partial charge in [-0.1, -0.05) is 95.5 Å². The summed E-state index contributed by atoms with van der Waals surface area (Å²) in [6, 6.07) is 2.82. The largest absolute Gasteiger partial charge is 0.492 e. The van der Waals surface area contributed by atoms with Crippen LogP contribution in [-0.4, -0.2) is 276 Å². The molecule has 2 aromatic rings. The molecule has 11 aliphatic rings. The molecule has 39 heteroatoms. The molecule has 4 bridgehead atoms. The maximum atomic E-state index is 14.8. The quantitative estimate of drug-likeness (QED) is 0.00565. The summed E-state index contributed by atoms with van der Waals surface area (Å²) in [5.41, 5.74) is 12.8. The number of primary amides is 1. The second kappa shape index (κ2) is 47.7. The van der Waals surface area contributed by atoms with E-state index in [0.717, 1.165) is 31.0 Å². The van der Waals surface area contributed by atoms with Gasteiger partial charge in [0.1, 0.15) is 60.4 Å². The van der Waals surface area contributed by atoms with Crippen LogP contribution in [0.5, 0.6) is 17.2 Å².